The summed E-state index contributed by atoms with van der Waals surface area (Å²) < 4.78 is 76.9. The van der Waals surface area contributed by atoms with Gasteiger partial charge in [-0.05, 0) is 32.1 Å². The van der Waals surface area contributed by atoms with E-state index in [1.165, 1.54) is 11.9 Å². The van der Waals surface area contributed by atoms with Gasteiger partial charge in [0.2, 0.25) is 11.8 Å². The number of nitrogens with two attached hydrogens (primary N) is 1. The maximum absolute atomic E-state index is 12.4. The molecule has 2 rings (SSSR count). The van der Waals surface area contributed by atoms with Crippen LogP contribution in [0.2, 0.25) is 0 Å². The van der Waals surface area contributed by atoms with Gasteiger partial charge in [-0.15, -0.1) is 0 Å². The number of ether oxygens (including phenoxy) is 3. The van der Waals surface area contributed by atoms with Crippen molar-refractivity contribution in [2.45, 2.75) is 55.8 Å². The first-order valence-corrected chi connectivity index (χ1v) is 12.7. The standard InChI is InChI=1S/C23H43N5O6S/c1-28(21(30)7-3-2-6-19-22-18(17-35-19)26-23(31)27-22)16-20(29)25-9-5-11-33-13-15-34-14-12-32-10-4-8-24/h18-19,22H,2-17,24H2,1H3,(H,25,29)(H2,26,27,31)/i4D2,5D2,10D2,11D2. The molecule has 0 saturated carbocycles. The topological polar surface area (TPSA) is 144 Å². The van der Waals surface area contributed by atoms with Gasteiger partial charge in [-0.1, -0.05) is 6.42 Å². The lowest BCUT2D eigenvalue weighted by Crippen LogP contribution is -2.38. The average Bonchev–Trinajstić information content (AvgIpc) is 3.47. The number of hydrogen-bond acceptors (Lipinski definition) is 8. The number of likely N-dealkylation sites (N-methyl/N-ethyl adjacent to an activating group) is 1. The molecule has 2 aliphatic rings. The zero-order valence-corrected chi connectivity index (χ0v) is 20.9. The Morgan fingerprint density at radius 3 is 2.60 bits per heavy atom. The van der Waals surface area contributed by atoms with Crippen LogP contribution in [0.25, 0.3) is 0 Å². The number of hydrogen-bond donors (Lipinski definition) is 4. The fourth-order valence-corrected chi connectivity index (χ4v) is 5.09. The molecule has 2 aliphatic heterocycles. The van der Waals surface area contributed by atoms with E-state index in [0.717, 1.165) is 18.6 Å². The van der Waals surface area contributed by atoms with E-state index in [9.17, 15) is 14.4 Å². The zero-order valence-electron chi connectivity index (χ0n) is 28.1. The van der Waals surface area contributed by atoms with Gasteiger partial charge in [-0.2, -0.15) is 11.8 Å². The van der Waals surface area contributed by atoms with E-state index in [1.807, 2.05) is 0 Å². The number of fused-ring (bicyclic) bond motifs is 1. The monoisotopic (exact) mass is 525 g/mol. The molecule has 0 aromatic heterocycles. The first-order chi connectivity index (χ1) is 19.9. The maximum atomic E-state index is 12.4. The molecule has 5 N–H and O–H groups in total. The summed E-state index contributed by atoms with van der Waals surface area (Å²) in [5.74, 6) is -0.0395. The average molecular weight is 526 g/mol. The number of nitrogens with one attached hydrogen (secondary N) is 3. The van der Waals surface area contributed by atoms with Gasteiger partial charge in [0.1, 0.15) is 0 Å². The third-order valence-corrected chi connectivity index (χ3v) is 6.81. The first-order valence-electron chi connectivity index (χ1n) is 15.7. The van der Waals surface area contributed by atoms with E-state index >= 15 is 0 Å². The number of nitrogens with zero attached hydrogens (tertiary/aromatic N) is 1. The molecule has 35 heavy (non-hydrogen) atoms. The quantitative estimate of drug-likeness (QED) is 0.129. The van der Waals surface area contributed by atoms with Crippen molar-refractivity contribution < 1.29 is 39.6 Å². The largest absolute Gasteiger partial charge is 0.379 e. The van der Waals surface area contributed by atoms with Crippen LogP contribution in [0.4, 0.5) is 4.79 Å². The van der Waals surface area contributed by atoms with Gasteiger partial charge < -0.3 is 40.8 Å². The third kappa shape index (κ3) is 12.3. The molecule has 11 nitrogen and oxygen atoms in total. The normalized spacial score (nSPS) is 25.9. The molecule has 3 atom stereocenters. The molecular formula is C23H43N5O6S. The number of rotatable bonds is 20. The second-order valence-electron chi connectivity index (χ2n) is 7.97. The van der Waals surface area contributed by atoms with Gasteiger partial charge >= 0.3 is 6.03 Å². The highest BCUT2D eigenvalue weighted by Crippen LogP contribution is 2.33. The third-order valence-electron chi connectivity index (χ3n) is 5.30. The lowest BCUT2D eigenvalue weighted by molar-refractivity contribution is -0.134. The predicted molar refractivity (Wildman–Crippen MR) is 135 cm³/mol. The zero-order chi connectivity index (χ0) is 32.5. The molecule has 3 unspecified atom stereocenters. The van der Waals surface area contributed by atoms with Crippen molar-refractivity contribution in [2.24, 2.45) is 5.73 Å². The Labute approximate surface area is 224 Å². The molecule has 0 radical (unpaired) electrons. The van der Waals surface area contributed by atoms with Crippen LogP contribution in [0.5, 0.6) is 0 Å². The number of carbonyl (C=O) groups is 3. The Bertz CT molecular complexity index is 954. The summed E-state index contributed by atoms with van der Waals surface area (Å²) in [5, 5.41) is 8.42. The van der Waals surface area contributed by atoms with Crippen LogP contribution in [-0.4, -0.2) is 112 Å². The Balaban J connectivity index is 1.60. The minimum absolute atomic E-state index is 0.106. The van der Waals surface area contributed by atoms with E-state index < -0.39 is 44.9 Å². The summed E-state index contributed by atoms with van der Waals surface area (Å²) in [5.41, 5.74) is 5.20. The predicted octanol–water partition coefficient (Wildman–Crippen LogP) is 0.0755. The van der Waals surface area contributed by atoms with Crippen molar-refractivity contribution in [3.63, 3.8) is 0 Å². The van der Waals surface area contributed by atoms with E-state index in [-0.39, 0.29) is 63.4 Å². The summed E-state index contributed by atoms with van der Waals surface area (Å²) in [6.07, 6.45) is -2.50. The Hall–Kier alpha value is -1.60. The Morgan fingerprint density at radius 2 is 1.86 bits per heavy atom. The van der Waals surface area contributed by atoms with Gasteiger partial charge in [0, 0.05) is 49.6 Å². The summed E-state index contributed by atoms with van der Waals surface area (Å²) in [6.45, 7) is -8.03. The molecular weight excluding hydrogens is 474 g/mol. The van der Waals surface area contributed by atoms with Gasteiger partial charge in [0.25, 0.3) is 0 Å². The minimum Gasteiger partial charge on any atom is -0.379 e. The van der Waals surface area contributed by atoms with Crippen molar-refractivity contribution in [1.82, 2.24) is 20.9 Å². The van der Waals surface area contributed by atoms with Crippen molar-refractivity contribution in [2.75, 3.05) is 72.0 Å². The Kier molecular flexibility index (Phi) is 9.90. The fourth-order valence-electron chi connectivity index (χ4n) is 3.54. The molecule has 0 aromatic rings. The van der Waals surface area contributed by atoms with Crippen LogP contribution in [0, 0.1) is 0 Å². The van der Waals surface area contributed by atoms with Crippen LogP contribution in [0.1, 0.15) is 49.4 Å². The van der Waals surface area contributed by atoms with E-state index in [4.69, 9.17) is 30.9 Å². The summed E-state index contributed by atoms with van der Waals surface area (Å²) in [7, 11) is 1.46. The SMILES string of the molecule is [2H]C([2H])(CN)C([2H])([2H])OCCOCCOC([2H])([2H])C([2H])([2H])CNC(=O)CN(C)C(=O)CCCCC1SCC2NC(=O)NC21. The van der Waals surface area contributed by atoms with Gasteiger partial charge in [-0.3, -0.25) is 9.59 Å². The molecule has 0 bridgehead atoms. The fraction of sp³-hybridized carbons (Fsp3) is 0.870. The number of urea groups is 1. The number of thioether (sulfide) groups is 1. The van der Waals surface area contributed by atoms with Crippen molar-refractivity contribution >= 4 is 29.6 Å². The molecule has 202 valence electrons. The smallest absolute Gasteiger partial charge is 0.315 e. The van der Waals surface area contributed by atoms with Crippen molar-refractivity contribution in [3.8, 4) is 0 Å². The highest BCUT2D eigenvalue weighted by molar-refractivity contribution is 8.00. The molecule has 2 saturated heterocycles. The van der Waals surface area contributed by atoms with E-state index in [1.54, 1.807) is 11.8 Å². The molecule has 2 fully saturated rings. The first kappa shape index (κ1) is 19.5. The molecule has 0 spiro atoms. The molecule has 12 heteroatoms. The second kappa shape index (κ2) is 17.8. The highest BCUT2D eigenvalue weighted by atomic mass is 32.2. The number of unbranched alkanes of at least 4 members (excludes halogenated alkanes) is 1. The van der Waals surface area contributed by atoms with Crippen LogP contribution in [-0.2, 0) is 23.8 Å². The highest BCUT2D eigenvalue weighted by Gasteiger charge is 2.42. The molecule has 2 heterocycles. The number of carbonyl (C=O) groups excluding carboxylic acids is 3. The van der Waals surface area contributed by atoms with Gasteiger partial charge in [-0.25, -0.2) is 4.79 Å². The second-order valence-corrected chi connectivity index (χ2v) is 9.24. The maximum Gasteiger partial charge on any atom is 0.315 e. The summed E-state index contributed by atoms with van der Waals surface area (Å²) >= 11 is 1.80. The van der Waals surface area contributed by atoms with Crippen LogP contribution in [0.15, 0.2) is 0 Å². The minimum atomic E-state index is -2.80. The Morgan fingerprint density at radius 1 is 1.14 bits per heavy atom. The molecule has 0 aromatic carbocycles. The summed E-state index contributed by atoms with van der Waals surface area (Å²) in [6, 6.07) is 0.111. The van der Waals surface area contributed by atoms with Crippen LogP contribution < -0.4 is 21.7 Å². The lowest BCUT2D eigenvalue weighted by Gasteiger charge is -2.18. The van der Waals surface area contributed by atoms with Gasteiger partial charge in [0.15, 0.2) is 0 Å². The van der Waals surface area contributed by atoms with Crippen LogP contribution in [0.3, 0.4) is 0 Å². The lowest BCUT2D eigenvalue weighted by atomic mass is 10.0. The number of amides is 4. The molecule has 0 aliphatic carbocycles. The van der Waals surface area contributed by atoms with Crippen LogP contribution >= 0.6 is 11.8 Å². The van der Waals surface area contributed by atoms with Crippen molar-refractivity contribution in [3.05, 3.63) is 0 Å². The van der Waals surface area contributed by atoms with Crippen molar-refractivity contribution in [1.29, 1.82) is 0 Å². The van der Waals surface area contributed by atoms with Gasteiger partial charge in [0.05, 0.1) is 50.5 Å². The summed E-state index contributed by atoms with van der Waals surface area (Å²) in [4.78, 5) is 37.5. The molecule has 4 amide bonds. The van der Waals surface area contributed by atoms with E-state index in [2.05, 4.69) is 16.0 Å². The van der Waals surface area contributed by atoms with E-state index in [0.29, 0.717) is 11.7 Å².